The lowest BCUT2D eigenvalue weighted by molar-refractivity contribution is -0.142. The summed E-state index contributed by atoms with van der Waals surface area (Å²) >= 11 is 0. The fourth-order valence-corrected chi connectivity index (χ4v) is 3.53. The van der Waals surface area contributed by atoms with Crippen molar-refractivity contribution in [1.29, 1.82) is 5.26 Å². The molecule has 0 aliphatic carbocycles. The minimum absolute atomic E-state index is 0.300. The van der Waals surface area contributed by atoms with E-state index in [1.165, 1.54) is 4.90 Å². The highest BCUT2D eigenvalue weighted by molar-refractivity contribution is 5.92. The summed E-state index contributed by atoms with van der Waals surface area (Å²) in [6.07, 6.45) is 2.09. The van der Waals surface area contributed by atoms with Crippen LogP contribution in [0.1, 0.15) is 78.0 Å². The Kier molecular flexibility index (Phi) is 11.6. The summed E-state index contributed by atoms with van der Waals surface area (Å²) in [7, 11) is 0. The predicted molar refractivity (Wildman–Crippen MR) is 132 cm³/mol. The first kappa shape index (κ1) is 29.0. The molecule has 8 nitrogen and oxygen atoms in total. The molecule has 1 rings (SSSR count). The number of rotatable bonds is 11. The van der Waals surface area contributed by atoms with Gasteiger partial charge in [-0.15, -0.1) is 0 Å². The number of hydrogen-bond donors (Lipinski definition) is 2. The SMILES string of the molecule is CCCCCNC(=O)C(c1ccccc1C)N(CC#N)C(=O)C(NC(=O)OC(C)(C)C)C(C)C. The van der Waals surface area contributed by atoms with Crippen molar-refractivity contribution in [2.75, 3.05) is 13.1 Å². The van der Waals surface area contributed by atoms with Crippen molar-refractivity contribution in [2.24, 2.45) is 5.92 Å². The maximum atomic E-state index is 13.7. The molecule has 2 unspecified atom stereocenters. The molecule has 0 radical (unpaired) electrons. The van der Waals surface area contributed by atoms with E-state index in [9.17, 15) is 19.6 Å². The van der Waals surface area contributed by atoms with Gasteiger partial charge in [-0.3, -0.25) is 9.59 Å². The van der Waals surface area contributed by atoms with Crippen molar-refractivity contribution in [1.82, 2.24) is 15.5 Å². The van der Waals surface area contributed by atoms with E-state index in [0.29, 0.717) is 12.1 Å². The molecule has 0 heterocycles. The first-order valence-electron chi connectivity index (χ1n) is 11.9. The Morgan fingerprint density at radius 3 is 2.32 bits per heavy atom. The molecular formula is C26H40N4O4. The Bertz CT molecular complexity index is 870. The van der Waals surface area contributed by atoms with Crippen molar-refractivity contribution in [3.63, 3.8) is 0 Å². The molecule has 1 aromatic carbocycles. The quantitative estimate of drug-likeness (QED) is 0.369. The van der Waals surface area contributed by atoms with E-state index in [1.807, 2.05) is 25.1 Å². The molecule has 0 saturated carbocycles. The smallest absolute Gasteiger partial charge is 0.408 e. The molecule has 0 aromatic heterocycles. The van der Waals surface area contributed by atoms with Crippen LogP contribution < -0.4 is 10.6 Å². The zero-order valence-electron chi connectivity index (χ0n) is 21.6. The molecule has 1 aromatic rings. The number of aryl methyl sites for hydroxylation is 1. The van der Waals surface area contributed by atoms with E-state index >= 15 is 0 Å². The van der Waals surface area contributed by atoms with E-state index in [-0.39, 0.29) is 18.4 Å². The number of alkyl carbamates (subject to hydrolysis) is 1. The highest BCUT2D eigenvalue weighted by Gasteiger charge is 2.37. The molecule has 188 valence electrons. The molecule has 0 aliphatic heterocycles. The van der Waals surface area contributed by atoms with Gasteiger partial charge in [-0.2, -0.15) is 5.26 Å². The van der Waals surface area contributed by atoms with Crippen LogP contribution in [0.5, 0.6) is 0 Å². The number of nitriles is 1. The maximum absolute atomic E-state index is 13.7. The number of hydrogen-bond acceptors (Lipinski definition) is 5. The zero-order valence-corrected chi connectivity index (χ0v) is 21.6. The van der Waals surface area contributed by atoms with Gasteiger partial charge in [-0.05, 0) is 51.2 Å². The van der Waals surface area contributed by atoms with Crippen molar-refractivity contribution in [2.45, 2.75) is 85.4 Å². The van der Waals surface area contributed by atoms with E-state index < -0.39 is 29.7 Å². The molecule has 2 N–H and O–H groups in total. The van der Waals surface area contributed by atoms with Gasteiger partial charge in [0.1, 0.15) is 24.2 Å². The summed E-state index contributed by atoms with van der Waals surface area (Å²) in [5, 5.41) is 15.1. The van der Waals surface area contributed by atoms with Crippen LogP contribution in [0.4, 0.5) is 4.79 Å². The second-order valence-corrected chi connectivity index (χ2v) is 9.75. The van der Waals surface area contributed by atoms with E-state index in [2.05, 4.69) is 17.6 Å². The van der Waals surface area contributed by atoms with E-state index in [1.54, 1.807) is 46.8 Å². The standard InChI is InChI=1S/C26H40N4O4/c1-8-9-12-16-28-23(31)22(20-14-11-10-13-19(20)4)30(17-15-27)24(32)21(18(2)3)29-25(33)34-26(5,6)7/h10-11,13-14,18,21-22H,8-9,12,16-17H2,1-7H3,(H,28,31)(H,29,33). The number of ether oxygens (including phenoxy) is 1. The van der Waals surface area contributed by atoms with Gasteiger partial charge < -0.3 is 20.3 Å². The Balaban J connectivity index is 3.35. The van der Waals surface area contributed by atoms with Crippen molar-refractivity contribution in [3.8, 4) is 6.07 Å². The third-order valence-corrected chi connectivity index (χ3v) is 5.25. The third kappa shape index (κ3) is 9.05. The Labute approximate surface area is 204 Å². The summed E-state index contributed by atoms with van der Waals surface area (Å²) in [6.45, 7) is 12.9. The van der Waals surface area contributed by atoms with Crippen LogP contribution in [0.3, 0.4) is 0 Å². The number of nitrogens with zero attached hydrogens (tertiary/aromatic N) is 2. The third-order valence-electron chi connectivity index (χ3n) is 5.25. The number of benzene rings is 1. The average Bonchev–Trinajstić information content (AvgIpc) is 2.74. The number of amides is 3. The molecule has 3 amide bonds. The monoisotopic (exact) mass is 472 g/mol. The molecule has 8 heteroatoms. The maximum Gasteiger partial charge on any atom is 0.408 e. The lowest BCUT2D eigenvalue weighted by atomic mass is 9.96. The van der Waals surface area contributed by atoms with Crippen LogP contribution in [0, 0.1) is 24.2 Å². The molecule has 0 fully saturated rings. The van der Waals surface area contributed by atoms with Gasteiger partial charge in [-0.1, -0.05) is 57.9 Å². The number of nitrogens with one attached hydrogen (secondary N) is 2. The van der Waals surface area contributed by atoms with Crippen LogP contribution in [-0.2, 0) is 14.3 Å². The van der Waals surface area contributed by atoms with Crippen molar-refractivity contribution in [3.05, 3.63) is 35.4 Å². The molecule has 0 spiro atoms. The molecule has 0 saturated heterocycles. The minimum atomic E-state index is -1.00. The number of carbonyl (C=O) groups is 3. The molecule has 0 bridgehead atoms. The normalized spacial score (nSPS) is 12.9. The summed E-state index contributed by atoms with van der Waals surface area (Å²) in [4.78, 5) is 40.8. The van der Waals surface area contributed by atoms with Crippen LogP contribution in [0.25, 0.3) is 0 Å². The fraction of sp³-hybridized carbons (Fsp3) is 0.615. The molecule has 0 aliphatic rings. The Morgan fingerprint density at radius 1 is 1.15 bits per heavy atom. The highest BCUT2D eigenvalue weighted by Crippen LogP contribution is 2.26. The van der Waals surface area contributed by atoms with Crippen molar-refractivity contribution >= 4 is 17.9 Å². The van der Waals surface area contributed by atoms with Gasteiger partial charge >= 0.3 is 6.09 Å². The van der Waals surface area contributed by atoms with Crippen LogP contribution >= 0.6 is 0 Å². The first-order chi connectivity index (χ1) is 15.9. The summed E-state index contributed by atoms with van der Waals surface area (Å²) in [5.74, 6) is -1.17. The fourth-order valence-electron chi connectivity index (χ4n) is 3.53. The molecular weight excluding hydrogens is 432 g/mol. The second-order valence-electron chi connectivity index (χ2n) is 9.75. The summed E-state index contributed by atoms with van der Waals surface area (Å²) in [5.41, 5.74) is 0.732. The van der Waals surface area contributed by atoms with Gasteiger partial charge in [0.05, 0.1) is 6.07 Å². The van der Waals surface area contributed by atoms with Gasteiger partial charge in [0.15, 0.2) is 0 Å². The molecule has 34 heavy (non-hydrogen) atoms. The zero-order chi connectivity index (χ0) is 25.9. The van der Waals surface area contributed by atoms with Gasteiger partial charge in [0.2, 0.25) is 11.8 Å². The van der Waals surface area contributed by atoms with E-state index in [4.69, 9.17) is 4.74 Å². The van der Waals surface area contributed by atoms with Gasteiger partial charge in [-0.25, -0.2) is 4.79 Å². The summed E-state index contributed by atoms with van der Waals surface area (Å²) < 4.78 is 5.33. The topological polar surface area (TPSA) is 112 Å². The summed E-state index contributed by atoms with van der Waals surface area (Å²) in [6, 6.07) is 7.34. The lowest BCUT2D eigenvalue weighted by Crippen LogP contribution is -2.55. The molecule has 2 atom stereocenters. The first-order valence-corrected chi connectivity index (χ1v) is 11.9. The largest absolute Gasteiger partial charge is 0.444 e. The van der Waals surface area contributed by atoms with Crippen LogP contribution in [-0.4, -0.2) is 47.5 Å². The lowest BCUT2D eigenvalue weighted by Gasteiger charge is -2.34. The minimum Gasteiger partial charge on any atom is -0.444 e. The predicted octanol–water partition coefficient (Wildman–Crippen LogP) is 4.24. The van der Waals surface area contributed by atoms with Gasteiger partial charge in [0, 0.05) is 6.54 Å². The number of unbranched alkanes of at least 4 members (excludes halogenated alkanes) is 2. The highest BCUT2D eigenvalue weighted by atomic mass is 16.6. The Morgan fingerprint density at radius 2 is 1.79 bits per heavy atom. The Hall–Kier alpha value is -3.08. The number of carbonyl (C=O) groups excluding carboxylic acids is 3. The average molecular weight is 473 g/mol. The van der Waals surface area contributed by atoms with E-state index in [0.717, 1.165) is 24.8 Å². The second kappa shape index (κ2) is 13.6. The van der Waals surface area contributed by atoms with Gasteiger partial charge in [0.25, 0.3) is 0 Å². The van der Waals surface area contributed by atoms with Crippen molar-refractivity contribution < 1.29 is 19.1 Å². The van der Waals surface area contributed by atoms with Crippen LogP contribution in [0.2, 0.25) is 0 Å². The van der Waals surface area contributed by atoms with Crippen LogP contribution in [0.15, 0.2) is 24.3 Å².